The molecule has 3 heteroatoms. The van der Waals surface area contributed by atoms with Gasteiger partial charge in [0.1, 0.15) is 5.75 Å². The first-order valence-corrected chi connectivity index (χ1v) is 7.09. The first kappa shape index (κ1) is 14.4. The van der Waals surface area contributed by atoms with Gasteiger partial charge in [0.2, 0.25) is 0 Å². The van der Waals surface area contributed by atoms with Crippen LogP contribution in [-0.2, 0) is 4.74 Å². The molecule has 1 fully saturated rings. The van der Waals surface area contributed by atoms with Gasteiger partial charge in [-0.25, -0.2) is 0 Å². The van der Waals surface area contributed by atoms with E-state index in [-0.39, 0.29) is 17.7 Å². The molecule has 1 atom stereocenters. The summed E-state index contributed by atoms with van der Waals surface area (Å²) in [6.07, 6.45) is 1.38. The molecular weight excluding hydrogens is 238 g/mol. The van der Waals surface area contributed by atoms with Crippen molar-refractivity contribution in [2.45, 2.75) is 51.9 Å². The van der Waals surface area contributed by atoms with Crippen molar-refractivity contribution in [2.24, 2.45) is 0 Å². The smallest absolute Gasteiger partial charge is 0.119 e. The molecule has 1 aliphatic heterocycles. The molecule has 1 N–H and O–H groups in total. The molecule has 0 aromatic heterocycles. The molecule has 0 amide bonds. The van der Waals surface area contributed by atoms with Gasteiger partial charge in [-0.05, 0) is 51.8 Å². The van der Waals surface area contributed by atoms with Gasteiger partial charge in [-0.3, -0.25) is 0 Å². The Morgan fingerprint density at radius 1 is 1.26 bits per heavy atom. The summed E-state index contributed by atoms with van der Waals surface area (Å²) in [5.74, 6) is 0.917. The highest BCUT2D eigenvalue weighted by molar-refractivity contribution is 5.29. The number of benzene rings is 1. The number of hydrogen-bond donors (Lipinski definition) is 1. The SMILES string of the molecule is CC(C)Oc1ccc(C2CNC(C)(C)CCO2)cc1. The number of rotatable bonds is 3. The minimum atomic E-state index is 0.134. The molecule has 3 nitrogen and oxygen atoms in total. The van der Waals surface area contributed by atoms with E-state index in [4.69, 9.17) is 9.47 Å². The molecule has 0 radical (unpaired) electrons. The molecule has 1 unspecified atom stereocenters. The Morgan fingerprint density at radius 3 is 2.58 bits per heavy atom. The maximum atomic E-state index is 5.94. The van der Waals surface area contributed by atoms with Gasteiger partial charge in [-0.15, -0.1) is 0 Å². The van der Waals surface area contributed by atoms with E-state index < -0.39 is 0 Å². The second kappa shape index (κ2) is 5.93. The Hall–Kier alpha value is -1.06. The van der Waals surface area contributed by atoms with Crippen molar-refractivity contribution in [2.75, 3.05) is 13.2 Å². The van der Waals surface area contributed by atoms with Gasteiger partial charge in [0.25, 0.3) is 0 Å². The van der Waals surface area contributed by atoms with Crippen LogP contribution in [-0.4, -0.2) is 24.8 Å². The lowest BCUT2D eigenvalue weighted by atomic mass is 10.0. The number of hydrogen-bond acceptors (Lipinski definition) is 3. The third kappa shape index (κ3) is 4.22. The third-order valence-electron chi connectivity index (χ3n) is 3.44. The lowest BCUT2D eigenvalue weighted by molar-refractivity contribution is 0.0655. The maximum Gasteiger partial charge on any atom is 0.119 e. The van der Waals surface area contributed by atoms with E-state index in [0.717, 1.165) is 25.3 Å². The standard InChI is InChI=1S/C16H25NO2/c1-12(2)19-14-7-5-13(6-8-14)15-11-17-16(3,4)9-10-18-15/h5-8,12,15,17H,9-11H2,1-4H3. The number of nitrogens with one attached hydrogen (secondary N) is 1. The van der Waals surface area contributed by atoms with E-state index >= 15 is 0 Å². The van der Waals surface area contributed by atoms with Crippen LogP contribution in [0.25, 0.3) is 0 Å². The van der Waals surface area contributed by atoms with Gasteiger partial charge in [0, 0.05) is 18.7 Å². The van der Waals surface area contributed by atoms with Crippen molar-refractivity contribution in [1.29, 1.82) is 0 Å². The van der Waals surface area contributed by atoms with Gasteiger partial charge >= 0.3 is 0 Å². The normalized spacial score (nSPS) is 23.1. The number of ether oxygens (including phenoxy) is 2. The van der Waals surface area contributed by atoms with Gasteiger partial charge in [0.15, 0.2) is 0 Å². The summed E-state index contributed by atoms with van der Waals surface area (Å²) in [6.45, 7) is 10.2. The predicted molar refractivity (Wildman–Crippen MR) is 77.6 cm³/mol. The second-order valence-electron chi connectivity index (χ2n) is 6.11. The first-order chi connectivity index (χ1) is 8.96. The largest absolute Gasteiger partial charge is 0.491 e. The minimum absolute atomic E-state index is 0.134. The quantitative estimate of drug-likeness (QED) is 0.907. The lowest BCUT2D eigenvalue weighted by Crippen LogP contribution is -2.39. The van der Waals surface area contributed by atoms with Gasteiger partial charge in [-0.1, -0.05) is 12.1 Å². The Labute approximate surface area is 116 Å². The van der Waals surface area contributed by atoms with Crippen LogP contribution in [0.15, 0.2) is 24.3 Å². The molecule has 1 aromatic carbocycles. The highest BCUT2D eigenvalue weighted by atomic mass is 16.5. The molecule has 0 spiro atoms. The van der Waals surface area contributed by atoms with Crippen LogP contribution in [0.4, 0.5) is 0 Å². The summed E-state index contributed by atoms with van der Waals surface area (Å²) < 4.78 is 11.6. The van der Waals surface area contributed by atoms with Crippen molar-refractivity contribution in [1.82, 2.24) is 5.32 Å². The van der Waals surface area contributed by atoms with Crippen molar-refractivity contribution < 1.29 is 9.47 Å². The molecule has 0 bridgehead atoms. The van der Waals surface area contributed by atoms with Crippen molar-refractivity contribution >= 4 is 0 Å². The summed E-state index contributed by atoms with van der Waals surface area (Å²) in [5, 5.41) is 3.56. The van der Waals surface area contributed by atoms with Crippen LogP contribution in [0.1, 0.15) is 45.8 Å². The Kier molecular flexibility index (Phi) is 4.48. The fourth-order valence-corrected chi connectivity index (χ4v) is 2.22. The molecule has 2 rings (SSSR count). The molecule has 19 heavy (non-hydrogen) atoms. The molecule has 0 saturated carbocycles. The van der Waals surface area contributed by atoms with Crippen LogP contribution < -0.4 is 10.1 Å². The van der Waals surface area contributed by atoms with Crippen LogP contribution in [0, 0.1) is 0 Å². The summed E-state index contributed by atoms with van der Waals surface area (Å²) >= 11 is 0. The maximum absolute atomic E-state index is 5.94. The molecule has 1 aliphatic rings. The zero-order chi connectivity index (χ0) is 13.9. The van der Waals surface area contributed by atoms with E-state index in [1.54, 1.807) is 0 Å². The molecule has 1 saturated heterocycles. The lowest BCUT2D eigenvalue weighted by Gasteiger charge is -2.23. The first-order valence-electron chi connectivity index (χ1n) is 7.09. The highest BCUT2D eigenvalue weighted by Gasteiger charge is 2.24. The van der Waals surface area contributed by atoms with Crippen LogP contribution in [0.2, 0.25) is 0 Å². The molecule has 0 aliphatic carbocycles. The fourth-order valence-electron chi connectivity index (χ4n) is 2.22. The zero-order valence-electron chi connectivity index (χ0n) is 12.4. The summed E-state index contributed by atoms with van der Waals surface area (Å²) in [6, 6.07) is 8.24. The average molecular weight is 263 g/mol. The zero-order valence-corrected chi connectivity index (χ0v) is 12.4. The molecule has 106 valence electrons. The van der Waals surface area contributed by atoms with Crippen LogP contribution >= 0.6 is 0 Å². The second-order valence-corrected chi connectivity index (χ2v) is 6.11. The van der Waals surface area contributed by atoms with E-state index in [1.807, 2.05) is 26.0 Å². The van der Waals surface area contributed by atoms with Crippen molar-refractivity contribution in [3.63, 3.8) is 0 Å². The molecular formula is C16H25NO2. The topological polar surface area (TPSA) is 30.5 Å². The van der Waals surface area contributed by atoms with E-state index in [0.29, 0.717) is 0 Å². The van der Waals surface area contributed by atoms with Gasteiger partial charge in [0.05, 0.1) is 12.2 Å². The van der Waals surface area contributed by atoms with Crippen molar-refractivity contribution in [3.8, 4) is 5.75 Å². The monoisotopic (exact) mass is 263 g/mol. The van der Waals surface area contributed by atoms with Gasteiger partial charge < -0.3 is 14.8 Å². The minimum Gasteiger partial charge on any atom is -0.491 e. The Bertz CT molecular complexity index is 398. The fraction of sp³-hybridized carbons (Fsp3) is 0.625. The molecule has 1 aromatic rings. The Morgan fingerprint density at radius 2 is 1.95 bits per heavy atom. The van der Waals surface area contributed by atoms with E-state index in [2.05, 4.69) is 31.3 Å². The summed E-state index contributed by atoms with van der Waals surface area (Å²) in [7, 11) is 0. The summed E-state index contributed by atoms with van der Waals surface area (Å²) in [4.78, 5) is 0. The van der Waals surface area contributed by atoms with Crippen LogP contribution in [0.5, 0.6) is 5.75 Å². The third-order valence-corrected chi connectivity index (χ3v) is 3.44. The molecule has 1 heterocycles. The van der Waals surface area contributed by atoms with E-state index in [9.17, 15) is 0 Å². The Balaban J connectivity index is 2.01. The summed E-state index contributed by atoms with van der Waals surface area (Å²) in [5.41, 5.74) is 1.37. The highest BCUT2D eigenvalue weighted by Crippen LogP contribution is 2.25. The average Bonchev–Trinajstić information content (AvgIpc) is 2.51. The van der Waals surface area contributed by atoms with Crippen LogP contribution in [0.3, 0.4) is 0 Å². The van der Waals surface area contributed by atoms with Gasteiger partial charge in [-0.2, -0.15) is 0 Å². The van der Waals surface area contributed by atoms with E-state index in [1.165, 1.54) is 5.56 Å². The predicted octanol–water partition coefficient (Wildman–Crippen LogP) is 3.30. The van der Waals surface area contributed by atoms with Crippen molar-refractivity contribution in [3.05, 3.63) is 29.8 Å².